The predicted octanol–water partition coefficient (Wildman–Crippen LogP) is 0.865. The van der Waals surface area contributed by atoms with Crippen molar-refractivity contribution in [1.82, 2.24) is 4.57 Å². The van der Waals surface area contributed by atoms with Crippen LogP contribution >= 0.6 is 0 Å². The molecule has 0 aliphatic rings. The van der Waals surface area contributed by atoms with E-state index in [1.807, 2.05) is 17.8 Å². The monoisotopic (exact) mass is 183 g/mol. The van der Waals surface area contributed by atoms with Crippen molar-refractivity contribution in [3.05, 3.63) is 18.7 Å². The molecule has 0 aliphatic carbocycles. The van der Waals surface area contributed by atoms with Gasteiger partial charge < -0.3 is 5.11 Å². The number of aliphatic hydroxyl groups excluding tert-OH is 1. The maximum atomic E-state index is 8.58. The van der Waals surface area contributed by atoms with Crippen LogP contribution in [-0.4, -0.2) is 16.3 Å². The van der Waals surface area contributed by atoms with Crippen molar-refractivity contribution in [1.29, 1.82) is 0 Å². The minimum atomic E-state index is 0.332. The second kappa shape index (κ2) is 5.75. The summed E-state index contributed by atoms with van der Waals surface area (Å²) in [5.41, 5.74) is 0. The van der Waals surface area contributed by atoms with Crippen LogP contribution in [0.4, 0.5) is 0 Å². The van der Waals surface area contributed by atoms with E-state index in [4.69, 9.17) is 5.11 Å². The van der Waals surface area contributed by atoms with Gasteiger partial charge in [-0.1, -0.05) is 6.42 Å². The van der Waals surface area contributed by atoms with Gasteiger partial charge in [-0.15, -0.1) is 0 Å². The summed E-state index contributed by atoms with van der Waals surface area (Å²) in [7, 11) is 2.03. The molecule has 0 amide bonds. The zero-order chi connectivity index (χ0) is 9.52. The standard InChI is InChI=1S/C10H19N2O/c1-11-7-8-12(10-11)6-4-2-3-5-9-13/h7-8,10,13H,2-6,9H2,1H3/q+1. The van der Waals surface area contributed by atoms with Crippen molar-refractivity contribution in [2.75, 3.05) is 6.61 Å². The fourth-order valence-electron chi connectivity index (χ4n) is 1.39. The normalized spacial score (nSPS) is 10.6. The third kappa shape index (κ3) is 4.08. The van der Waals surface area contributed by atoms with Crippen LogP contribution in [0.1, 0.15) is 25.7 Å². The van der Waals surface area contributed by atoms with E-state index in [1.54, 1.807) is 0 Å². The Hall–Kier alpha value is -0.830. The molecule has 0 fully saturated rings. The highest BCUT2D eigenvalue weighted by Gasteiger charge is 1.98. The van der Waals surface area contributed by atoms with E-state index in [0.717, 1.165) is 19.4 Å². The molecular formula is C10H19N2O+. The Morgan fingerprint density at radius 2 is 2.00 bits per heavy atom. The maximum Gasteiger partial charge on any atom is 0.243 e. The Balaban J connectivity index is 2.06. The first-order valence-electron chi connectivity index (χ1n) is 4.95. The van der Waals surface area contributed by atoms with Crippen LogP contribution < -0.4 is 4.57 Å². The molecule has 0 aliphatic heterocycles. The van der Waals surface area contributed by atoms with Gasteiger partial charge in [0.05, 0.1) is 13.6 Å². The molecule has 0 bridgehead atoms. The summed E-state index contributed by atoms with van der Waals surface area (Å²) in [4.78, 5) is 0. The van der Waals surface area contributed by atoms with E-state index in [1.165, 1.54) is 12.8 Å². The molecule has 1 aromatic rings. The summed E-state index contributed by atoms with van der Waals surface area (Å²) in [6.07, 6.45) is 10.7. The van der Waals surface area contributed by atoms with Gasteiger partial charge >= 0.3 is 0 Å². The van der Waals surface area contributed by atoms with Crippen molar-refractivity contribution in [3.63, 3.8) is 0 Å². The molecule has 0 aromatic carbocycles. The quantitative estimate of drug-likeness (QED) is 0.514. The molecule has 74 valence electrons. The van der Waals surface area contributed by atoms with Gasteiger partial charge in [0.1, 0.15) is 12.4 Å². The molecule has 1 rings (SSSR count). The first-order chi connectivity index (χ1) is 6.33. The first kappa shape index (κ1) is 10.3. The van der Waals surface area contributed by atoms with Crippen LogP contribution in [0, 0.1) is 0 Å². The number of rotatable bonds is 6. The van der Waals surface area contributed by atoms with E-state index >= 15 is 0 Å². The van der Waals surface area contributed by atoms with Gasteiger partial charge in [-0.05, 0) is 19.3 Å². The molecule has 0 spiro atoms. The van der Waals surface area contributed by atoms with Crippen molar-refractivity contribution < 1.29 is 9.67 Å². The van der Waals surface area contributed by atoms with Gasteiger partial charge in [0, 0.05) is 6.61 Å². The summed E-state index contributed by atoms with van der Waals surface area (Å²) in [5.74, 6) is 0. The lowest BCUT2D eigenvalue weighted by Gasteiger charge is -1.96. The Kier molecular flexibility index (Phi) is 4.54. The van der Waals surface area contributed by atoms with Crippen molar-refractivity contribution in [3.8, 4) is 0 Å². The highest BCUT2D eigenvalue weighted by atomic mass is 16.2. The van der Waals surface area contributed by atoms with Crippen molar-refractivity contribution in [2.45, 2.75) is 32.2 Å². The molecule has 0 atom stereocenters. The number of hydrogen-bond donors (Lipinski definition) is 1. The Labute approximate surface area is 79.6 Å². The van der Waals surface area contributed by atoms with Crippen molar-refractivity contribution in [2.24, 2.45) is 7.05 Å². The second-order valence-corrected chi connectivity index (χ2v) is 3.45. The van der Waals surface area contributed by atoms with Crippen LogP contribution in [-0.2, 0) is 13.6 Å². The molecule has 0 saturated heterocycles. The SMILES string of the molecule is C[n+]1ccn(CCCCCCO)c1. The number of imidazole rings is 1. The van der Waals surface area contributed by atoms with E-state index in [0.29, 0.717) is 6.61 Å². The summed E-state index contributed by atoms with van der Waals surface area (Å²) >= 11 is 0. The molecule has 0 unspecified atom stereocenters. The molecule has 1 heterocycles. The summed E-state index contributed by atoms with van der Waals surface area (Å²) < 4.78 is 4.24. The highest BCUT2D eigenvalue weighted by Crippen LogP contribution is 2.00. The summed E-state index contributed by atoms with van der Waals surface area (Å²) in [6.45, 7) is 1.42. The molecule has 3 nitrogen and oxygen atoms in total. The summed E-state index contributed by atoms with van der Waals surface area (Å²) in [5, 5.41) is 8.58. The van der Waals surface area contributed by atoms with Crippen LogP contribution in [0.25, 0.3) is 0 Å². The Morgan fingerprint density at radius 1 is 1.23 bits per heavy atom. The summed E-state index contributed by atoms with van der Waals surface area (Å²) in [6, 6.07) is 0. The van der Waals surface area contributed by atoms with E-state index in [-0.39, 0.29) is 0 Å². The second-order valence-electron chi connectivity index (χ2n) is 3.45. The van der Waals surface area contributed by atoms with Gasteiger partial charge in [0.25, 0.3) is 0 Å². The fourth-order valence-corrected chi connectivity index (χ4v) is 1.39. The number of hydrogen-bond acceptors (Lipinski definition) is 1. The maximum absolute atomic E-state index is 8.58. The Bertz CT molecular complexity index is 233. The van der Waals surface area contributed by atoms with E-state index < -0.39 is 0 Å². The average Bonchev–Trinajstić information content (AvgIpc) is 2.51. The number of nitrogens with zero attached hydrogens (tertiary/aromatic N) is 2. The molecule has 1 N–H and O–H groups in total. The lowest BCUT2D eigenvalue weighted by Crippen LogP contribution is -2.23. The zero-order valence-electron chi connectivity index (χ0n) is 8.32. The largest absolute Gasteiger partial charge is 0.396 e. The lowest BCUT2D eigenvalue weighted by molar-refractivity contribution is -0.671. The van der Waals surface area contributed by atoms with Crippen LogP contribution in [0.2, 0.25) is 0 Å². The van der Waals surface area contributed by atoms with Gasteiger partial charge in [-0.2, -0.15) is 0 Å². The van der Waals surface area contributed by atoms with Crippen molar-refractivity contribution >= 4 is 0 Å². The zero-order valence-corrected chi connectivity index (χ0v) is 8.32. The third-order valence-electron chi connectivity index (χ3n) is 2.15. The minimum absolute atomic E-state index is 0.332. The van der Waals surface area contributed by atoms with Crippen LogP contribution in [0.15, 0.2) is 18.7 Å². The van der Waals surface area contributed by atoms with Gasteiger partial charge in [-0.25, -0.2) is 9.13 Å². The molecule has 3 heteroatoms. The van der Waals surface area contributed by atoms with Gasteiger partial charge in [0.2, 0.25) is 6.33 Å². The van der Waals surface area contributed by atoms with Gasteiger partial charge in [-0.3, -0.25) is 0 Å². The van der Waals surface area contributed by atoms with Gasteiger partial charge in [0.15, 0.2) is 0 Å². The first-order valence-corrected chi connectivity index (χ1v) is 4.95. The molecule has 13 heavy (non-hydrogen) atoms. The molecule has 0 saturated carbocycles. The average molecular weight is 183 g/mol. The molecule has 1 aromatic heterocycles. The number of aliphatic hydroxyl groups is 1. The third-order valence-corrected chi connectivity index (χ3v) is 2.15. The van der Waals surface area contributed by atoms with E-state index in [2.05, 4.69) is 17.1 Å². The van der Waals surface area contributed by atoms with E-state index in [9.17, 15) is 0 Å². The van der Waals surface area contributed by atoms with Crippen LogP contribution in [0.5, 0.6) is 0 Å². The number of aromatic nitrogens is 2. The molecular weight excluding hydrogens is 164 g/mol. The minimum Gasteiger partial charge on any atom is -0.396 e. The smallest absolute Gasteiger partial charge is 0.243 e. The predicted molar refractivity (Wildman–Crippen MR) is 51.2 cm³/mol. The number of aryl methyl sites for hydroxylation is 2. The van der Waals surface area contributed by atoms with Crippen LogP contribution in [0.3, 0.4) is 0 Å². The number of unbranched alkanes of at least 4 members (excludes halogenated alkanes) is 3. The highest BCUT2D eigenvalue weighted by molar-refractivity contribution is 4.65. The lowest BCUT2D eigenvalue weighted by atomic mass is 10.2. The topological polar surface area (TPSA) is 29.0 Å². The Morgan fingerprint density at radius 3 is 2.62 bits per heavy atom. The molecule has 0 radical (unpaired) electrons. The fraction of sp³-hybridized carbons (Fsp3) is 0.700.